The summed E-state index contributed by atoms with van der Waals surface area (Å²) in [5.41, 5.74) is -1.37. The number of fused-ring (bicyclic) bond motifs is 1. The van der Waals surface area contributed by atoms with Gasteiger partial charge in [-0.3, -0.25) is 14.5 Å². The molecule has 3 rings (SSSR count). The minimum atomic E-state index is -3.20. The van der Waals surface area contributed by atoms with Gasteiger partial charge in [0, 0.05) is 11.8 Å². The third kappa shape index (κ3) is 4.03. The Morgan fingerprint density at radius 3 is 2.50 bits per heavy atom. The summed E-state index contributed by atoms with van der Waals surface area (Å²) in [7, 11) is 0. The fourth-order valence-electron chi connectivity index (χ4n) is 4.77. The second-order valence-electron chi connectivity index (χ2n) is 9.51. The predicted octanol–water partition coefficient (Wildman–Crippen LogP) is 3.04. The Morgan fingerprint density at radius 2 is 1.93 bits per heavy atom. The van der Waals surface area contributed by atoms with Crippen molar-refractivity contribution < 1.29 is 32.6 Å². The lowest BCUT2D eigenvalue weighted by atomic mass is 9.66. The van der Waals surface area contributed by atoms with E-state index < -0.39 is 47.6 Å². The molecule has 2 saturated heterocycles. The Kier molecular flexibility index (Phi) is 5.86. The van der Waals surface area contributed by atoms with E-state index in [1.165, 1.54) is 6.08 Å². The van der Waals surface area contributed by atoms with Crippen LogP contribution in [0.25, 0.3) is 0 Å². The second-order valence-corrected chi connectivity index (χ2v) is 9.51. The van der Waals surface area contributed by atoms with Crippen molar-refractivity contribution in [2.75, 3.05) is 13.2 Å². The van der Waals surface area contributed by atoms with Crippen LogP contribution in [0.1, 0.15) is 52.9 Å². The molecule has 1 N–H and O–H groups in total. The van der Waals surface area contributed by atoms with Crippen LogP contribution in [0, 0.1) is 11.3 Å². The zero-order valence-electron chi connectivity index (χ0n) is 17.7. The molecule has 2 unspecified atom stereocenters. The number of alkyl halides is 2. The van der Waals surface area contributed by atoms with Gasteiger partial charge in [0.2, 0.25) is 5.91 Å². The lowest BCUT2D eigenvalue weighted by Gasteiger charge is -2.48. The van der Waals surface area contributed by atoms with Crippen LogP contribution in [0.2, 0.25) is 0 Å². The van der Waals surface area contributed by atoms with Crippen molar-refractivity contribution in [2.45, 2.75) is 76.5 Å². The topological polar surface area (TPSA) is 84.9 Å². The average Bonchev–Trinajstić information content (AvgIpc) is 3.16. The first-order chi connectivity index (χ1) is 13.9. The molecule has 2 aliphatic heterocycles. The van der Waals surface area contributed by atoms with Crippen LogP contribution in [0.4, 0.5) is 13.6 Å². The van der Waals surface area contributed by atoms with Gasteiger partial charge in [-0.2, -0.15) is 0 Å². The van der Waals surface area contributed by atoms with Gasteiger partial charge in [-0.15, -0.1) is 0 Å². The summed E-state index contributed by atoms with van der Waals surface area (Å²) < 4.78 is 39.7. The third-order valence-electron chi connectivity index (χ3n) is 6.69. The standard InChI is InChI=1S/C21H30F2N2O5/c1-5-10-29-17(27)13-6-8-20(9-7-13,19(2,3)4)30-18(28)25-12-21(22,23)16-14(25)11-15(26)24-16/h5,13-14,16H,1,6-12H2,2-4H3,(H,24,26). The first-order valence-corrected chi connectivity index (χ1v) is 10.3. The molecule has 30 heavy (non-hydrogen) atoms. The predicted molar refractivity (Wildman–Crippen MR) is 104 cm³/mol. The van der Waals surface area contributed by atoms with Crippen molar-refractivity contribution in [3.63, 3.8) is 0 Å². The summed E-state index contributed by atoms with van der Waals surface area (Å²) in [6.45, 7) is 8.68. The van der Waals surface area contributed by atoms with E-state index in [-0.39, 0.29) is 24.9 Å². The van der Waals surface area contributed by atoms with Crippen molar-refractivity contribution in [3.05, 3.63) is 12.7 Å². The molecule has 0 aromatic carbocycles. The van der Waals surface area contributed by atoms with E-state index >= 15 is 0 Å². The largest absolute Gasteiger partial charge is 0.461 e. The van der Waals surface area contributed by atoms with Crippen LogP contribution < -0.4 is 5.32 Å². The molecule has 0 aromatic heterocycles. The van der Waals surface area contributed by atoms with Crippen LogP contribution in [0.15, 0.2) is 12.7 Å². The average molecular weight is 428 g/mol. The summed E-state index contributed by atoms with van der Waals surface area (Å²) in [4.78, 5) is 37.8. The van der Waals surface area contributed by atoms with E-state index in [4.69, 9.17) is 9.47 Å². The molecule has 3 aliphatic rings. The van der Waals surface area contributed by atoms with Crippen molar-refractivity contribution in [1.29, 1.82) is 0 Å². The zero-order chi connectivity index (χ0) is 22.3. The number of rotatable bonds is 4. The third-order valence-corrected chi connectivity index (χ3v) is 6.69. The summed E-state index contributed by atoms with van der Waals surface area (Å²) in [5.74, 6) is -4.29. The van der Waals surface area contributed by atoms with Gasteiger partial charge in [-0.25, -0.2) is 13.6 Å². The highest BCUT2D eigenvalue weighted by Crippen LogP contribution is 2.48. The summed E-state index contributed by atoms with van der Waals surface area (Å²) in [6, 6.07) is -2.29. The van der Waals surface area contributed by atoms with E-state index in [1.54, 1.807) is 0 Å². The highest BCUT2D eigenvalue weighted by Gasteiger charge is 2.61. The number of carbonyl (C=O) groups is 3. The molecular weight excluding hydrogens is 398 g/mol. The first-order valence-electron chi connectivity index (χ1n) is 10.3. The van der Waals surface area contributed by atoms with E-state index in [2.05, 4.69) is 11.9 Å². The van der Waals surface area contributed by atoms with Crippen molar-refractivity contribution >= 4 is 18.0 Å². The number of hydrogen-bond donors (Lipinski definition) is 1. The number of likely N-dealkylation sites (tertiary alicyclic amines) is 1. The molecule has 1 saturated carbocycles. The van der Waals surface area contributed by atoms with Crippen LogP contribution in [0.5, 0.6) is 0 Å². The zero-order valence-corrected chi connectivity index (χ0v) is 17.7. The van der Waals surface area contributed by atoms with Crippen LogP contribution in [0.3, 0.4) is 0 Å². The molecular formula is C21H30F2N2O5. The smallest absolute Gasteiger partial charge is 0.410 e. The van der Waals surface area contributed by atoms with Gasteiger partial charge in [0.15, 0.2) is 0 Å². The minimum Gasteiger partial charge on any atom is -0.461 e. The maximum absolute atomic E-state index is 14.3. The van der Waals surface area contributed by atoms with Crippen molar-refractivity contribution in [2.24, 2.45) is 11.3 Å². The molecule has 2 amide bonds. The molecule has 9 heteroatoms. The molecule has 0 radical (unpaired) electrons. The van der Waals surface area contributed by atoms with E-state index in [0.29, 0.717) is 25.7 Å². The Labute approximate surface area is 175 Å². The van der Waals surface area contributed by atoms with Gasteiger partial charge in [0.1, 0.15) is 18.2 Å². The van der Waals surface area contributed by atoms with E-state index in [0.717, 1.165) is 4.90 Å². The van der Waals surface area contributed by atoms with Crippen LogP contribution >= 0.6 is 0 Å². The van der Waals surface area contributed by atoms with Crippen molar-refractivity contribution in [3.8, 4) is 0 Å². The number of esters is 1. The SMILES string of the molecule is C=CCOC(=O)C1CCC(OC(=O)N2CC(F)(F)C3NC(=O)CC32)(C(C)(C)C)CC1. The lowest BCUT2D eigenvalue weighted by Crippen LogP contribution is -2.53. The van der Waals surface area contributed by atoms with Crippen LogP contribution in [-0.2, 0) is 19.1 Å². The number of ether oxygens (including phenoxy) is 2. The Balaban J connectivity index is 1.72. The number of nitrogens with zero attached hydrogens (tertiary/aromatic N) is 1. The van der Waals surface area contributed by atoms with Gasteiger partial charge < -0.3 is 14.8 Å². The molecule has 7 nitrogen and oxygen atoms in total. The van der Waals surface area contributed by atoms with E-state index in [1.807, 2.05) is 20.8 Å². The highest BCUT2D eigenvalue weighted by atomic mass is 19.3. The van der Waals surface area contributed by atoms with Crippen molar-refractivity contribution in [1.82, 2.24) is 10.2 Å². The summed E-state index contributed by atoms with van der Waals surface area (Å²) in [5, 5.41) is 2.27. The second kappa shape index (κ2) is 7.81. The minimum absolute atomic E-state index is 0.146. The molecule has 3 fully saturated rings. The number of nitrogens with one attached hydrogen (secondary N) is 1. The molecule has 0 spiro atoms. The fourth-order valence-corrected chi connectivity index (χ4v) is 4.77. The normalized spacial score (nSPS) is 32.9. The summed E-state index contributed by atoms with van der Waals surface area (Å²) >= 11 is 0. The summed E-state index contributed by atoms with van der Waals surface area (Å²) in [6.07, 6.45) is 2.31. The van der Waals surface area contributed by atoms with Gasteiger partial charge in [0.25, 0.3) is 5.92 Å². The molecule has 0 aromatic rings. The van der Waals surface area contributed by atoms with Crippen LogP contribution in [-0.4, -0.2) is 59.6 Å². The maximum atomic E-state index is 14.3. The van der Waals surface area contributed by atoms with Gasteiger partial charge in [0.05, 0.1) is 18.5 Å². The Bertz CT molecular complexity index is 725. The van der Waals surface area contributed by atoms with Gasteiger partial charge in [-0.05, 0) is 25.7 Å². The monoisotopic (exact) mass is 428 g/mol. The number of hydrogen-bond acceptors (Lipinski definition) is 5. The molecule has 2 heterocycles. The Morgan fingerprint density at radius 1 is 1.30 bits per heavy atom. The molecule has 0 bridgehead atoms. The fraction of sp³-hybridized carbons (Fsp3) is 0.762. The highest BCUT2D eigenvalue weighted by molar-refractivity contribution is 5.82. The van der Waals surface area contributed by atoms with Gasteiger partial charge >= 0.3 is 12.1 Å². The molecule has 1 aliphatic carbocycles. The quantitative estimate of drug-likeness (QED) is 0.550. The molecule has 2 atom stereocenters. The van der Waals surface area contributed by atoms with Gasteiger partial charge in [-0.1, -0.05) is 33.4 Å². The number of amides is 2. The first kappa shape index (κ1) is 22.5. The number of halogens is 2. The maximum Gasteiger partial charge on any atom is 0.410 e. The molecule has 168 valence electrons. The number of carbonyl (C=O) groups excluding carboxylic acids is 3. The van der Waals surface area contributed by atoms with E-state index in [9.17, 15) is 23.2 Å². The lowest BCUT2D eigenvalue weighted by molar-refractivity contribution is -0.154. The Hall–Kier alpha value is -2.19.